The molecule has 0 amide bonds. The first-order valence-corrected chi connectivity index (χ1v) is 13.2. The van der Waals surface area contributed by atoms with Crippen LogP contribution in [-0.4, -0.2) is 21.1 Å². The molecule has 3 heteroatoms. The molecule has 0 fully saturated rings. The first-order valence-electron chi connectivity index (χ1n) is 6.19. The van der Waals surface area contributed by atoms with Gasteiger partial charge in [0, 0.05) is 0 Å². The highest BCUT2D eigenvalue weighted by atomic mass is 28.3. The standard InChI is InChI=1S/C15H21NSi2/c1-17(2,3)12-10-14-8-7-9-15(16-14)11-13-18(4,5)6/h7-9H,1-6H3. The topological polar surface area (TPSA) is 12.9 Å². The maximum absolute atomic E-state index is 4.48. The Morgan fingerprint density at radius 1 is 0.778 bits per heavy atom. The summed E-state index contributed by atoms with van der Waals surface area (Å²) in [6, 6.07) is 5.88. The van der Waals surface area contributed by atoms with Gasteiger partial charge in [0.2, 0.25) is 0 Å². The lowest BCUT2D eigenvalue weighted by Gasteiger charge is -2.04. The summed E-state index contributed by atoms with van der Waals surface area (Å²) in [4.78, 5) is 4.48. The second-order valence-electron chi connectivity index (χ2n) is 6.41. The van der Waals surface area contributed by atoms with Crippen LogP contribution in [0, 0.1) is 22.9 Å². The van der Waals surface area contributed by atoms with Gasteiger partial charge in [0.1, 0.15) is 27.5 Å². The van der Waals surface area contributed by atoms with Gasteiger partial charge in [0.25, 0.3) is 0 Å². The van der Waals surface area contributed by atoms with Gasteiger partial charge in [-0.05, 0) is 12.1 Å². The Morgan fingerprint density at radius 3 is 1.50 bits per heavy atom. The first kappa shape index (κ1) is 14.8. The highest BCUT2D eigenvalue weighted by molar-refractivity contribution is 6.84. The summed E-state index contributed by atoms with van der Waals surface area (Å²) in [6.07, 6.45) is 0. The summed E-state index contributed by atoms with van der Waals surface area (Å²) < 4.78 is 0. The first-order chi connectivity index (χ1) is 8.16. The molecular weight excluding hydrogens is 250 g/mol. The summed E-state index contributed by atoms with van der Waals surface area (Å²) in [5, 5.41) is 0. The number of hydrogen-bond acceptors (Lipinski definition) is 1. The molecule has 0 spiro atoms. The molecular formula is C15H21NSi2. The molecule has 0 aliphatic carbocycles. The van der Waals surface area contributed by atoms with E-state index < -0.39 is 16.1 Å². The van der Waals surface area contributed by atoms with Crippen LogP contribution < -0.4 is 0 Å². The van der Waals surface area contributed by atoms with Crippen LogP contribution in [0.4, 0.5) is 0 Å². The Labute approximate surface area is 113 Å². The molecule has 0 unspecified atom stereocenters. The molecule has 1 heterocycles. The van der Waals surface area contributed by atoms with Crippen molar-refractivity contribution in [1.82, 2.24) is 4.98 Å². The van der Waals surface area contributed by atoms with Crippen LogP contribution >= 0.6 is 0 Å². The van der Waals surface area contributed by atoms with E-state index in [1.165, 1.54) is 0 Å². The van der Waals surface area contributed by atoms with Crippen LogP contribution in [0.1, 0.15) is 11.4 Å². The lowest BCUT2D eigenvalue weighted by atomic mass is 10.3. The van der Waals surface area contributed by atoms with Crippen LogP contribution in [-0.2, 0) is 0 Å². The largest absolute Gasteiger partial charge is 0.231 e. The third kappa shape index (κ3) is 6.44. The Morgan fingerprint density at radius 2 is 1.17 bits per heavy atom. The van der Waals surface area contributed by atoms with Crippen molar-refractivity contribution in [2.45, 2.75) is 39.3 Å². The third-order valence-corrected chi connectivity index (χ3v) is 3.63. The van der Waals surface area contributed by atoms with E-state index >= 15 is 0 Å². The van der Waals surface area contributed by atoms with Gasteiger partial charge in [-0.1, -0.05) is 57.2 Å². The maximum Gasteiger partial charge on any atom is 0.129 e. The smallest absolute Gasteiger partial charge is 0.129 e. The molecule has 1 aromatic rings. The number of hydrogen-bond donors (Lipinski definition) is 0. The molecule has 1 rings (SSSR count). The minimum atomic E-state index is -1.34. The normalized spacial score (nSPS) is 11.0. The number of aromatic nitrogens is 1. The molecule has 0 saturated heterocycles. The van der Waals surface area contributed by atoms with E-state index in [-0.39, 0.29) is 0 Å². The summed E-state index contributed by atoms with van der Waals surface area (Å²) in [7, 11) is -2.67. The fraction of sp³-hybridized carbons (Fsp3) is 0.400. The van der Waals surface area contributed by atoms with Crippen molar-refractivity contribution in [3.05, 3.63) is 29.6 Å². The molecule has 18 heavy (non-hydrogen) atoms. The minimum absolute atomic E-state index is 0.833. The molecule has 1 nitrogen and oxygen atoms in total. The monoisotopic (exact) mass is 271 g/mol. The van der Waals surface area contributed by atoms with Gasteiger partial charge in [0.15, 0.2) is 0 Å². The van der Waals surface area contributed by atoms with Crippen molar-refractivity contribution in [2.24, 2.45) is 0 Å². The lowest BCUT2D eigenvalue weighted by molar-refractivity contribution is 1.25. The van der Waals surface area contributed by atoms with E-state index in [0.29, 0.717) is 0 Å². The minimum Gasteiger partial charge on any atom is -0.231 e. The molecule has 0 bridgehead atoms. The van der Waals surface area contributed by atoms with Crippen LogP contribution in [0.2, 0.25) is 39.3 Å². The molecule has 0 radical (unpaired) electrons. The molecule has 0 saturated carbocycles. The predicted octanol–water partition coefficient (Wildman–Crippen LogP) is 3.54. The van der Waals surface area contributed by atoms with E-state index in [1.807, 2.05) is 18.2 Å². The Kier molecular flexibility index (Phi) is 4.56. The summed E-state index contributed by atoms with van der Waals surface area (Å²) in [5.74, 6) is 6.33. The van der Waals surface area contributed by atoms with E-state index in [1.54, 1.807) is 0 Å². The van der Waals surface area contributed by atoms with Crippen LogP contribution in [0.25, 0.3) is 0 Å². The van der Waals surface area contributed by atoms with Crippen molar-refractivity contribution in [3.8, 4) is 22.9 Å². The van der Waals surface area contributed by atoms with Crippen molar-refractivity contribution in [2.75, 3.05) is 0 Å². The van der Waals surface area contributed by atoms with Crippen molar-refractivity contribution < 1.29 is 0 Å². The average Bonchev–Trinajstić information content (AvgIpc) is 2.22. The van der Waals surface area contributed by atoms with Crippen molar-refractivity contribution in [3.63, 3.8) is 0 Å². The fourth-order valence-corrected chi connectivity index (χ4v) is 2.08. The highest BCUT2D eigenvalue weighted by Crippen LogP contribution is 2.02. The molecule has 1 aromatic heterocycles. The highest BCUT2D eigenvalue weighted by Gasteiger charge is 2.08. The van der Waals surface area contributed by atoms with Gasteiger partial charge in [-0.15, -0.1) is 11.1 Å². The second-order valence-corrected chi connectivity index (χ2v) is 15.9. The number of nitrogens with zero attached hydrogens (tertiary/aromatic N) is 1. The van der Waals surface area contributed by atoms with Gasteiger partial charge in [-0.25, -0.2) is 4.98 Å². The molecule has 0 aromatic carbocycles. The SMILES string of the molecule is C[Si](C)(C)C#Cc1cccc(C#C[Si](C)(C)C)n1. The second kappa shape index (κ2) is 5.56. The van der Waals surface area contributed by atoms with Crippen molar-refractivity contribution >= 4 is 16.1 Å². The Balaban J connectivity index is 2.99. The molecule has 0 aliphatic rings. The van der Waals surface area contributed by atoms with Crippen molar-refractivity contribution in [1.29, 1.82) is 0 Å². The number of pyridine rings is 1. The summed E-state index contributed by atoms with van der Waals surface area (Å²) in [6.45, 7) is 13.4. The Bertz CT molecular complexity index is 493. The van der Waals surface area contributed by atoms with Crippen LogP contribution in [0.3, 0.4) is 0 Å². The van der Waals surface area contributed by atoms with E-state index in [9.17, 15) is 0 Å². The van der Waals surface area contributed by atoms with Gasteiger partial charge in [0.05, 0.1) is 0 Å². The lowest BCUT2D eigenvalue weighted by Crippen LogP contribution is -2.16. The zero-order chi connectivity index (χ0) is 13.8. The average molecular weight is 272 g/mol. The van der Waals surface area contributed by atoms with Gasteiger partial charge in [-0.2, -0.15) is 0 Å². The quantitative estimate of drug-likeness (QED) is 0.519. The number of rotatable bonds is 0. The van der Waals surface area contributed by atoms with Crippen LogP contribution in [0.15, 0.2) is 18.2 Å². The van der Waals surface area contributed by atoms with Gasteiger partial charge in [-0.3, -0.25) is 0 Å². The molecule has 94 valence electrons. The molecule has 0 N–H and O–H groups in total. The van der Waals surface area contributed by atoms with E-state index in [4.69, 9.17) is 0 Å². The van der Waals surface area contributed by atoms with Gasteiger partial charge < -0.3 is 0 Å². The fourth-order valence-electron chi connectivity index (χ4n) is 1.08. The third-order valence-electron chi connectivity index (χ3n) is 1.88. The zero-order valence-electron chi connectivity index (χ0n) is 12.2. The molecule has 0 atom stereocenters. The van der Waals surface area contributed by atoms with Gasteiger partial charge >= 0.3 is 0 Å². The van der Waals surface area contributed by atoms with Crippen LogP contribution in [0.5, 0.6) is 0 Å². The Hall–Kier alpha value is -1.30. The summed E-state index contributed by atoms with van der Waals surface area (Å²) >= 11 is 0. The van der Waals surface area contributed by atoms with E-state index in [2.05, 4.69) is 67.2 Å². The predicted molar refractivity (Wildman–Crippen MR) is 84.7 cm³/mol. The maximum atomic E-state index is 4.48. The zero-order valence-corrected chi connectivity index (χ0v) is 14.2. The van der Waals surface area contributed by atoms with E-state index in [0.717, 1.165) is 11.4 Å². The summed E-state index contributed by atoms with van der Waals surface area (Å²) in [5.41, 5.74) is 8.32. The molecule has 0 aliphatic heterocycles.